The molecule has 0 radical (unpaired) electrons. The Morgan fingerprint density at radius 2 is 1.77 bits per heavy atom. The number of para-hydroxylation sites is 1. The fourth-order valence-electron chi connectivity index (χ4n) is 6.92. The maximum absolute atomic E-state index is 10.5. The maximum Gasteiger partial charge on any atom is 0.209 e. The Balaban J connectivity index is 1.29. The Labute approximate surface area is 241 Å². The molecule has 1 aliphatic carbocycles. The van der Waals surface area contributed by atoms with Gasteiger partial charge >= 0.3 is 0 Å². The summed E-state index contributed by atoms with van der Waals surface area (Å²) < 4.78 is 13.5. The predicted molar refractivity (Wildman–Crippen MR) is 164 cm³/mol. The van der Waals surface area contributed by atoms with E-state index in [9.17, 15) is 5.11 Å². The van der Waals surface area contributed by atoms with Crippen molar-refractivity contribution in [3.8, 4) is 0 Å². The summed E-state index contributed by atoms with van der Waals surface area (Å²) in [5.41, 5.74) is 7.69. The quantitative estimate of drug-likeness (QED) is 0.393. The van der Waals surface area contributed by atoms with Gasteiger partial charge in [0.25, 0.3) is 0 Å². The molecule has 0 bridgehead atoms. The zero-order chi connectivity index (χ0) is 28.3. The Morgan fingerprint density at radius 1 is 1.02 bits per heavy atom. The zero-order valence-electron chi connectivity index (χ0n) is 25.1. The van der Waals surface area contributed by atoms with Crippen LogP contribution in [0.5, 0.6) is 0 Å². The molecule has 5 heteroatoms. The minimum Gasteiger partial charge on any atom is -0.392 e. The molecule has 4 aliphatic rings. The lowest BCUT2D eigenvalue weighted by molar-refractivity contribution is -0.226. The normalized spacial score (nSPS) is 31.3. The van der Waals surface area contributed by atoms with Gasteiger partial charge in [0, 0.05) is 43.8 Å². The number of rotatable bonds is 7. The number of piperazine rings is 1. The fourth-order valence-corrected chi connectivity index (χ4v) is 6.92. The second-order valence-corrected chi connectivity index (χ2v) is 12.5. The van der Waals surface area contributed by atoms with Crippen LogP contribution in [0.25, 0.3) is 0 Å². The van der Waals surface area contributed by atoms with E-state index in [0.29, 0.717) is 6.04 Å². The largest absolute Gasteiger partial charge is 0.392 e. The molecule has 1 spiro atoms. The third-order valence-electron chi connectivity index (χ3n) is 8.94. The Hall–Kier alpha value is -2.44. The van der Waals surface area contributed by atoms with Gasteiger partial charge in [-0.3, -0.25) is 4.90 Å². The van der Waals surface area contributed by atoms with Crippen molar-refractivity contribution >= 4 is 5.69 Å². The molecule has 0 amide bonds. The van der Waals surface area contributed by atoms with Gasteiger partial charge in [0.2, 0.25) is 5.79 Å². The van der Waals surface area contributed by atoms with Crippen LogP contribution in [0.3, 0.4) is 0 Å². The van der Waals surface area contributed by atoms with Crippen LogP contribution in [0.1, 0.15) is 60.3 Å². The first-order valence-corrected chi connectivity index (χ1v) is 15.1. The van der Waals surface area contributed by atoms with Gasteiger partial charge in [-0.15, -0.1) is 0 Å². The summed E-state index contributed by atoms with van der Waals surface area (Å²) in [6.45, 7) is 15.1. The van der Waals surface area contributed by atoms with Crippen LogP contribution >= 0.6 is 0 Å². The molecular formula is C35H48N2O3. The topological polar surface area (TPSA) is 45.2 Å². The van der Waals surface area contributed by atoms with Gasteiger partial charge < -0.3 is 19.5 Å². The summed E-state index contributed by atoms with van der Waals surface area (Å²) in [5.74, 6) is -0.760. The van der Waals surface area contributed by atoms with Crippen molar-refractivity contribution in [3.63, 3.8) is 0 Å². The van der Waals surface area contributed by atoms with E-state index in [0.717, 1.165) is 57.4 Å². The van der Waals surface area contributed by atoms with Gasteiger partial charge in [-0.05, 0) is 90.2 Å². The number of benzene rings is 1. The standard InChI is InChI=1S/C35H48N2O3/c1-25(2)10-9-11-26(3)18-31-19-27(4)22-35(39-31)23-29(24-38)32-21-33(28(5)20-34(32)40-35)37-16-14-36(15-17-37)30-12-7-6-8-13-30/h6-8,10,12-13,18,20,22-23,31-34,38H,9,11,14-17,19,21,24H2,1-5H3/t31-,32-,33-,34-,35+/m1/s1. The minimum absolute atomic E-state index is 0.0339. The average Bonchev–Trinajstić information content (AvgIpc) is 2.92. The molecule has 3 aliphatic heterocycles. The van der Waals surface area contributed by atoms with Gasteiger partial charge in [-0.2, -0.15) is 0 Å². The average molecular weight is 545 g/mol. The van der Waals surface area contributed by atoms with Crippen molar-refractivity contribution in [2.75, 3.05) is 37.7 Å². The number of aliphatic hydroxyl groups excluding tert-OH is 1. The van der Waals surface area contributed by atoms with Crippen molar-refractivity contribution in [2.24, 2.45) is 5.92 Å². The van der Waals surface area contributed by atoms with Crippen LogP contribution in [-0.2, 0) is 9.47 Å². The lowest BCUT2D eigenvalue weighted by Gasteiger charge is -2.49. The smallest absolute Gasteiger partial charge is 0.209 e. The van der Waals surface area contributed by atoms with Crippen LogP contribution in [0.4, 0.5) is 5.69 Å². The molecule has 216 valence electrons. The van der Waals surface area contributed by atoms with Crippen LogP contribution in [-0.4, -0.2) is 66.8 Å². The molecule has 1 aromatic carbocycles. The Morgan fingerprint density at radius 3 is 2.48 bits per heavy atom. The molecular weight excluding hydrogens is 496 g/mol. The number of hydrogen-bond acceptors (Lipinski definition) is 5. The highest BCUT2D eigenvalue weighted by atomic mass is 16.7. The molecule has 1 aromatic rings. The van der Waals surface area contributed by atoms with Gasteiger partial charge in [-0.25, -0.2) is 0 Å². The number of aliphatic hydroxyl groups is 1. The van der Waals surface area contributed by atoms with Crippen molar-refractivity contribution in [2.45, 2.75) is 84.3 Å². The van der Waals surface area contributed by atoms with Gasteiger partial charge in [0.05, 0.1) is 18.8 Å². The van der Waals surface area contributed by atoms with Crippen molar-refractivity contribution in [1.29, 1.82) is 0 Å². The molecule has 1 N–H and O–H groups in total. The molecule has 1 saturated heterocycles. The Kier molecular flexibility index (Phi) is 9.16. The molecule has 1 fully saturated rings. The summed E-state index contributed by atoms with van der Waals surface area (Å²) in [7, 11) is 0. The monoisotopic (exact) mass is 544 g/mol. The number of nitrogens with zero attached hydrogens (tertiary/aromatic N) is 2. The maximum atomic E-state index is 10.5. The molecule has 5 nitrogen and oxygen atoms in total. The second kappa shape index (κ2) is 12.6. The molecule has 0 saturated carbocycles. The summed E-state index contributed by atoms with van der Waals surface area (Å²) >= 11 is 0. The van der Waals surface area contributed by atoms with E-state index in [1.165, 1.54) is 28.0 Å². The van der Waals surface area contributed by atoms with Crippen LogP contribution in [0.2, 0.25) is 0 Å². The molecule has 5 rings (SSSR count). The number of allylic oxidation sites excluding steroid dienone is 3. The lowest BCUT2D eigenvalue weighted by Crippen LogP contribution is -2.55. The van der Waals surface area contributed by atoms with Crippen molar-refractivity contribution in [1.82, 2.24) is 4.90 Å². The fraction of sp³-hybridized carbons (Fsp3) is 0.543. The lowest BCUT2D eigenvalue weighted by atomic mass is 9.76. The summed E-state index contributed by atoms with van der Waals surface area (Å²) in [6.07, 6.45) is 14.9. The summed E-state index contributed by atoms with van der Waals surface area (Å²) in [4.78, 5) is 5.11. The molecule has 0 unspecified atom stereocenters. The highest BCUT2D eigenvalue weighted by Gasteiger charge is 2.46. The van der Waals surface area contributed by atoms with E-state index in [1.807, 2.05) is 0 Å². The SMILES string of the molecule is CC(C)=CCCC(C)=C[C@@H]1CC(C)=C[C@]2(C=C(CO)[C@H]3C[C@@H](N4CCN(c5ccccc5)CC4)C(C)=C[C@H]3O2)O1. The van der Waals surface area contributed by atoms with E-state index < -0.39 is 5.79 Å². The van der Waals surface area contributed by atoms with E-state index in [2.05, 4.69) is 105 Å². The van der Waals surface area contributed by atoms with E-state index in [-0.39, 0.29) is 24.7 Å². The molecule has 5 atom stereocenters. The zero-order valence-corrected chi connectivity index (χ0v) is 25.1. The summed E-state index contributed by atoms with van der Waals surface area (Å²) in [5, 5.41) is 10.5. The third-order valence-corrected chi connectivity index (χ3v) is 8.94. The first kappa shape index (κ1) is 29.1. The van der Waals surface area contributed by atoms with E-state index in [4.69, 9.17) is 9.47 Å². The second-order valence-electron chi connectivity index (χ2n) is 12.5. The van der Waals surface area contributed by atoms with Crippen molar-refractivity contribution in [3.05, 3.63) is 88.6 Å². The predicted octanol–water partition coefficient (Wildman–Crippen LogP) is 6.59. The van der Waals surface area contributed by atoms with Crippen LogP contribution in [0, 0.1) is 5.92 Å². The molecule has 40 heavy (non-hydrogen) atoms. The van der Waals surface area contributed by atoms with Crippen molar-refractivity contribution < 1.29 is 14.6 Å². The first-order valence-electron chi connectivity index (χ1n) is 15.1. The highest BCUT2D eigenvalue weighted by Crippen LogP contribution is 2.44. The van der Waals surface area contributed by atoms with E-state index >= 15 is 0 Å². The highest BCUT2D eigenvalue weighted by molar-refractivity contribution is 5.46. The molecule has 3 heterocycles. The minimum atomic E-state index is -0.923. The Bertz CT molecular complexity index is 1180. The first-order chi connectivity index (χ1) is 19.2. The number of fused-ring (bicyclic) bond motifs is 1. The van der Waals surface area contributed by atoms with Gasteiger partial charge in [0.15, 0.2) is 0 Å². The third kappa shape index (κ3) is 6.71. The number of ether oxygens (including phenoxy) is 2. The van der Waals surface area contributed by atoms with Crippen LogP contribution < -0.4 is 4.90 Å². The summed E-state index contributed by atoms with van der Waals surface area (Å²) in [6, 6.07) is 11.1. The van der Waals surface area contributed by atoms with Gasteiger partial charge in [-0.1, -0.05) is 58.7 Å². The molecule has 0 aromatic heterocycles. The number of anilines is 1. The van der Waals surface area contributed by atoms with Crippen LogP contribution in [0.15, 0.2) is 88.6 Å². The van der Waals surface area contributed by atoms with E-state index in [1.54, 1.807) is 0 Å². The van der Waals surface area contributed by atoms with Gasteiger partial charge in [0.1, 0.15) is 0 Å². The number of hydrogen-bond donors (Lipinski definition) is 1.